The van der Waals surface area contributed by atoms with Crippen molar-refractivity contribution < 1.29 is 19.4 Å². The number of carbonyl (C=O) groups excluding carboxylic acids is 1. The first-order valence-electron chi connectivity index (χ1n) is 10.3. The molecule has 35 heavy (non-hydrogen) atoms. The molecular formula is C24H18N4O6S. The molecule has 0 aliphatic carbocycles. The van der Waals surface area contributed by atoms with Gasteiger partial charge in [0, 0.05) is 6.07 Å². The number of nitrogens with zero attached hydrogens (tertiary/aromatic N) is 3. The lowest BCUT2D eigenvalue weighted by Gasteiger charge is -2.06. The maximum Gasteiger partial charge on any atom is 0.318 e. The second kappa shape index (κ2) is 9.77. The molecule has 176 valence electrons. The first kappa shape index (κ1) is 23.6. The third-order valence-corrected chi connectivity index (χ3v) is 5.75. The summed E-state index contributed by atoms with van der Waals surface area (Å²) in [6.07, 6.45) is 1.70. The maximum atomic E-state index is 12.4. The van der Waals surface area contributed by atoms with Gasteiger partial charge in [-0.25, -0.2) is 4.99 Å². The fourth-order valence-corrected chi connectivity index (χ4v) is 4.21. The fourth-order valence-electron chi connectivity index (χ4n) is 3.37. The van der Waals surface area contributed by atoms with Crippen molar-refractivity contribution in [3.8, 4) is 11.5 Å². The Labute approximate surface area is 203 Å². The molecule has 10 nitrogen and oxygen atoms in total. The van der Waals surface area contributed by atoms with Gasteiger partial charge in [-0.3, -0.25) is 25.0 Å². The minimum Gasteiger partial charge on any atom is -0.450 e. The molecule has 1 fully saturated rings. The normalized spacial score (nSPS) is 15.3. The summed E-state index contributed by atoms with van der Waals surface area (Å²) in [6, 6.07) is 15.6. The summed E-state index contributed by atoms with van der Waals surface area (Å²) in [5.74, 6) is -0.0886. The second-order valence-corrected chi connectivity index (χ2v) is 8.70. The number of hydrogen-bond donors (Lipinski definition) is 1. The van der Waals surface area contributed by atoms with Crippen molar-refractivity contribution in [1.29, 1.82) is 0 Å². The largest absolute Gasteiger partial charge is 0.450 e. The Morgan fingerprint density at radius 1 is 0.943 bits per heavy atom. The minimum atomic E-state index is -0.742. The lowest BCUT2D eigenvalue weighted by molar-refractivity contribution is -0.394. The van der Waals surface area contributed by atoms with Crippen LogP contribution < -0.4 is 10.1 Å². The van der Waals surface area contributed by atoms with E-state index in [2.05, 4.69) is 10.3 Å². The number of hydrogen-bond acceptors (Lipinski definition) is 8. The molecule has 1 aliphatic heterocycles. The van der Waals surface area contributed by atoms with Crippen LogP contribution in [0.2, 0.25) is 0 Å². The number of amidine groups is 1. The molecule has 1 saturated heterocycles. The average molecular weight is 490 g/mol. The number of ether oxygens (including phenoxy) is 1. The van der Waals surface area contributed by atoms with E-state index in [1.165, 1.54) is 17.8 Å². The monoisotopic (exact) mass is 490 g/mol. The van der Waals surface area contributed by atoms with Gasteiger partial charge in [-0.2, -0.15) is 0 Å². The highest BCUT2D eigenvalue weighted by atomic mass is 32.2. The van der Waals surface area contributed by atoms with E-state index in [0.29, 0.717) is 21.4 Å². The van der Waals surface area contributed by atoms with Crippen molar-refractivity contribution in [2.24, 2.45) is 4.99 Å². The minimum absolute atomic E-state index is 0.121. The number of benzene rings is 3. The van der Waals surface area contributed by atoms with E-state index in [9.17, 15) is 25.0 Å². The van der Waals surface area contributed by atoms with Gasteiger partial charge in [0.25, 0.3) is 11.6 Å². The Bertz CT molecular complexity index is 1400. The molecule has 0 unspecified atom stereocenters. The van der Waals surface area contributed by atoms with Gasteiger partial charge in [-0.15, -0.1) is 0 Å². The quantitative estimate of drug-likeness (QED) is 0.262. The van der Waals surface area contributed by atoms with Crippen molar-refractivity contribution in [3.63, 3.8) is 0 Å². The van der Waals surface area contributed by atoms with Crippen molar-refractivity contribution in [1.82, 2.24) is 5.32 Å². The SMILES string of the molecule is Cc1cc(C)cc(N=C2NC(=O)/C(=C/c3ccc(Oc4ccc([N+](=O)[O-])cc4[N+](=O)[O-])cc3)S2)c1. The molecule has 0 spiro atoms. The van der Waals surface area contributed by atoms with Gasteiger partial charge in [-0.1, -0.05) is 18.2 Å². The zero-order valence-corrected chi connectivity index (χ0v) is 19.4. The van der Waals surface area contributed by atoms with Gasteiger partial charge in [0.1, 0.15) is 5.75 Å². The van der Waals surface area contributed by atoms with Crippen molar-refractivity contribution in [2.75, 3.05) is 0 Å². The van der Waals surface area contributed by atoms with Crippen LogP contribution in [0, 0.1) is 34.1 Å². The van der Waals surface area contributed by atoms with E-state index in [1.807, 2.05) is 32.0 Å². The molecular weight excluding hydrogens is 472 g/mol. The topological polar surface area (TPSA) is 137 Å². The number of nitro groups is 2. The Morgan fingerprint density at radius 2 is 1.63 bits per heavy atom. The molecule has 3 aromatic rings. The third kappa shape index (κ3) is 5.71. The zero-order valence-electron chi connectivity index (χ0n) is 18.6. The number of aliphatic imine (C=N–C) groups is 1. The van der Waals surface area contributed by atoms with Crippen LogP contribution >= 0.6 is 11.8 Å². The fraction of sp³-hybridized carbons (Fsp3) is 0.0833. The molecule has 11 heteroatoms. The molecule has 1 aliphatic rings. The summed E-state index contributed by atoms with van der Waals surface area (Å²) in [6.45, 7) is 3.96. The smallest absolute Gasteiger partial charge is 0.318 e. The van der Waals surface area contributed by atoms with Crippen LogP contribution in [0.25, 0.3) is 6.08 Å². The molecule has 1 N–H and O–H groups in total. The van der Waals surface area contributed by atoms with E-state index in [1.54, 1.807) is 30.3 Å². The lowest BCUT2D eigenvalue weighted by atomic mass is 10.1. The van der Waals surface area contributed by atoms with Gasteiger partial charge in [-0.05, 0) is 78.7 Å². The maximum absolute atomic E-state index is 12.4. The molecule has 3 aromatic carbocycles. The van der Waals surface area contributed by atoms with Gasteiger partial charge >= 0.3 is 5.69 Å². The van der Waals surface area contributed by atoms with Gasteiger partial charge < -0.3 is 10.1 Å². The molecule has 4 rings (SSSR count). The summed E-state index contributed by atoms with van der Waals surface area (Å²) in [7, 11) is 0. The summed E-state index contributed by atoms with van der Waals surface area (Å²) in [5.41, 5.74) is 2.71. The standard InChI is InChI=1S/C24H18N4O6S/c1-14-9-15(2)11-17(10-14)25-24-26-23(29)22(35-24)12-16-3-6-19(7-4-16)34-21-8-5-18(27(30)31)13-20(21)28(32)33/h3-13H,1-2H3,(H,25,26,29)/b22-12-. The van der Waals surface area contributed by atoms with E-state index in [-0.39, 0.29) is 11.7 Å². The van der Waals surface area contributed by atoms with Crippen molar-refractivity contribution >= 4 is 46.0 Å². The molecule has 1 heterocycles. The number of rotatable bonds is 6. The second-order valence-electron chi connectivity index (χ2n) is 7.66. The molecule has 0 saturated carbocycles. The Morgan fingerprint density at radius 3 is 2.26 bits per heavy atom. The summed E-state index contributed by atoms with van der Waals surface area (Å²) in [5, 5.41) is 25.4. The Kier molecular flexibility index (Phi) is 6.60. The van der Waals surface area contributed by atoms with Crippen LogP contribution in [0.15, 0.2) is 70.6 Å². The Balaban J connectivity index is 1.50. The van der Waals surface area contributed by atoms with E-state index >= 15 is 0 Å². The Hall–Kier alpha value is -4.51. The van der Waals surface area contributed by atoms with Crippen LogP contribution in [0.3, 0.4) is 0 Å². The molecule has 0 radical (unpaired) electrons. The number of thioether (sulfide) groups is 1. The predicted molar refractivity (Wildman–Crippen MR) is 133 cm³/mol. The number of carbonyl (C=O) groups is 1. The van der Waals surface area contributed by atoms with Gasteiger partial charge in [0.15, 0.2) is 5.17 Å². The highest BCUT2D eigenvalue weighted by molar-refractivity contribution is 8.18. The average Bonchev–Trinajstić information content (AvgIpc) is 3.12. The first-order valence-corrected chi connectivity index (χ1v) is 11.1. The highest BCUT2D eigenvalue weighted by Gasteiger charge is 2.24. The van der Waals surface area contributed by atoms with Gasteiger partial charge in [0.05, 0.1) is 26.5 Å². The third-order valence-electron chi connectivity index (χ3n) is 4.84. The molecule has 0 atom stereocenters. The number of aryl methyl sites for hydroxylation is 2. The highest BCUT2D eigenvalue weighted by Crippen LogP contribution is 2.35. The van der Waals surface area contributed by atoms with Crippen LogP contribution in [-0.4, -0.2) is 20.9 Å². The molecule has 1 amide bonds. The van der Waals surface area contributed by atoms with Crippen molar-refractivity contribution in [3.05, 3.63) is 102 Å². The van der Waals surface area contributed by atoms with Crippen LogP contribution in [-0.2, 0) is 4.79 Å². The lowest BCUT2D eigenvalue weighted by Crippen LogP contribution is -2.19. The number of non-ortho nitro benzene ring substituents is 1. The molecule has 0 bridgehead atoms. The van der Waals surface area contributed by atoms with Crippen LogP contribution in [0.5, 0.6) is 11.5 Å². The van der Waals surface area contributed by atoms with E-state index in [4.69, 9.17) is 4.74 Å². The summed E-state index contributed by atoms with van der Waals surface area (Å²) < 4.78 is 5.57. The van der Waals surface area contributed by atoms with Crippen LogP contribution in [0.4, 0.5) is 17.1 Å². The predicted octanol–water partition coefficient (Wildman–Crippen LogP) is 5.80. The van der Waals surface area contributed by atoms with Gasteiger partial charge in [0.2, 0.25) is 5.75 Å². The first-order chi connectivity index (χ1) is 16.7. The molecule has 0 aromatic heterocycles. The number of nitro benzene ring substituents is 2. The van der Waals surface area contributed by atoms with E-state index < -0.39 is 21.2 Å². The van der Waals surface area contributed by atoms with E-state index in [0.717, 1.165) is 28.9 Å². The van der Waals surface area contributed by atoms with Crippen molar-refractivity contribution in [2.45, 2.75) is 13.8 Å². The number of amides is 1. The summed E-state index contributed by atoms with van der Waals surface area (Å²) in [4.78, 5) is 38.1. The summed E-state index contributed by atoms with van der Waals surface area (Å²) >= 11 is 1.22. The number of nitrogens with one attached hydrogen (secondary N) is 1. The van der Waals surface area contributed by atoms with Crippen LogP contribution in [0.1, 0.15) is 16.7 Å². The zero-order chi connectivity index (χ0) is 25.1.